The molecule has 1 aromatic carbocycles. The number of nitrogens with two attached hydrogens (primary N) is 1. The zero-order chi connectivity index (χ0) is 14.2. The Morgan fingerprint density at radius 3 is 2.74 bits per heavy atom. The van der Waals surface area contributed by atoms with Crippen molar-refractivity contribution in [1.82, 2.24) is 4.31 Å². The third-order valence-electron chi connectivity index (χ3n) is 3.46. The van der Waals surface area contributed by atoms with E-state index in [0.29, 0.717) is 6.42 Å². The van der Waals surface area contributed by atoms with Crippen molar-refractivity contribution >= 4 is 15.7 Å². The van der Waals surface area contributed by atoms with Crippen molar-refractivity contribution < 1.29 is 17.9 Å². The quantitative estimate of drug-likeness (QED) is 0.788. The van der Waals surface area contributed by atoms with Gasteiger partial charge in [-0.1, -0.05) is 6.92 Å². The Kier molecular flexibility index (Phi) is 3.80. The maximum atomic E-state index is 13.7. The summed E-state index contributed by atoms with van der Waals surface area (Å²) < 4.78 is 39.5. The molecule has 0 saturated carbocycles. The Morgan fingerprint density at radius 2 is 2.16 bits per heavy atom. The number of β-amino-alcohol motifs (C(OH)–C–C–N with tert-alkyl or cyclic N) is 1. The smallest absolute Gasteiger partial charge is 0.246 e. The molecule has 3 N–H and O–H groups in total. The average Bonchev–Trinajstić information content (AvgIpc) is 2.32. The number of benzene rings is 1. The summed E-state index contributed by atoms with van der Waals surface area (Å²) in [5, 5.41) is 9.75. The van der Waals surface area contributed by atoms with Gasteiger partial charge in [-0.25, -0.2) is 12.8 Å². The summed E-state index contributed by atoms with van der Waals surface area (Å²) in [5.41, 5.74) is 5.57. The summed E-state index contributed by atoms with van der Waals surface area (Å²) >= 11 is 0. The molecule has 0 aromatic heterocycles. The standard InChI is InChI=1S/C12H17FN2O3S/c1-8-4-5-15(7-11(8)16)19(17,18)12-3-2-9(14)6-10(12)13/h2-3,6,8,11,16H,4-5,7,14H2,1H3. The summed E-state index contributed by atoms with van der Waals surface area (Å²) in [6, 6.07) is 3.49. The highest BCUT2D eigenvalue weighted by atomic mass is 32.2. The summed E-state index contributed by atoms with van der Waals surface area (Å²) in [4.78, 5) is -0.400. The van der Waals surface area contributed by atoms with E-state index < -0.39 is 26.8 Å². The Balaban J connectivity index is 2.32. The topological polar surface area (TPSA) is 83.6 Å². The Morgan fingerprint density at radius 1 is 1.47 bits per heavy atom. The van der Waals surface area contributed by atoms with Gasteiger partial charge in [0, 0.05) is 18.8 Å². The molecule has 2 unspecified atom stereocenters. The number of nitrogens with zero attached hydrogens (tertiary/aromatic N) is 1. The van der Waals surface area contributed by atoms with Gasteiger partial charge in [-0.15, -0.1) is 0 Å². The number of rotatable bonds is 2. The second-order valence-corrected chi connectivity index (χ2v) is 6.79. The molecular weight excluding hydrogens is 271 g/mol. The van der Waals surface area contributed by atoms with Crippen molar-refractivity contribution in [3.8, 4) is 0 Å². The molecule has 7 heteroatoms. The van der Waals surface area contributed by atoms with Crippen molar-refractivity contribution in [1.29, 1.82) is 0 Å². The molecule has 1 aromatic rings. The lowest BCUT2D eigenvalue weighted by molar-refractivity contribution is 0.0604. The molecule has 106 valence electrons. The minimum Gasteiger partial charge on any atom is -0.399 e. The highest BCUT2D eigenvalue weighted by Gasteiger charge is 2.34. The van der Waals surface area contributed by atoms with Crippen LogP contribution >= 0.6 is 0 Å². The first-order valence-electron chi connectivity index (χ1n) is 6.05. The van der Waals surface area contributed by atoms with Gasteiger partial charge in [0.05, 0.1) is 6.10 Å². The van der Waals surface area contributed by atoms with Crippen molar-refractivity contribution in [3.05, 3.63) is 24.0 Å². The van der Waals surface area contributed by atoms with Crippen LogP contribution < -0.4 is 5.73 Å². The molecule has 0 spiro atoms. The second kappa shape index (κ2) is 5.07. The number of anilines is 1. The fourth-order valence-electron chi connectivity index (χ4n) is 2.10. The normalized spacial score (nSPS) is 25.4. The zero-order valence-electron chi connectivity index (χ0n) is 10.6. The number of aliphatic hydroxyl groups is 1. The number of hydrogen-bond acceptors (Lipinski definition) is 4. The molecule has 1 heterocycles. The molecular formula is C12H17FN2O3S. The minimum absolute atomic E-state index is 0.00663. The third-order valence-corrected chi connectivity index (χ3v) is 5.35. The van der Waals surface area contributed by atoms with Gasteiger partial charge in [-0.2, -0.15) is 4.31 Å². The van der Waals surface area contributed by atoms with Gasteiger partial charge in [0.15, 0.2) is 0 Å². The van der Waals surface area contributed by atoms with E-state index in [9.17, 15) is 17.9 Å². The molecule has 0 aliphatic carbocycles. The van der Waals surface area contributed by atoms with Gasteiger partial charge in [-0.05, 0) is 30.5 Å². The number of piperidine rings is 1. The fraction of sp³-hybridized carbons (Fsp3) is 0.500. The highest BCUT2D eigenvalue weighted by Crippen LogP contribution is 2.26. The molecule has 0 radical (unpaired) electrons. The number of aliphatic hydroxyl groups excluding tert-OH is 1. The first-order chi connectivity index (χ1) is 8.82. The second-order valence-electron chi connectivity index (χ2n) is 4.89. The molecule has 19 heavy (non-hydrogen) atoms. The van der Waals surface area contributed by atoms with Crippen molar-refractivity contribution in [2.24, 2.45) is 5.92 Å². The number of halogens is 1. The maximum absolute atomic E-state index is 13.7. The number of nitrogen functional groups attached to an aromatic ring is 1. The Bertz CT molecular complexity index is 576. The van der Waals surface area contributed by atoms with E-state index in [1.165, 1.54) is 6.07 Å². The van der Waals surface area contributed by atoms with E-state index in [2.05, 4.69) is 0 Å². The lowest BCUT2D eigenvalue weighted by Gasteiger charge is -2.33. The molecule has 1 saturated heterocycles. The van der Waals surface area contributed by atoms with E-state index in [1.807, 2.05) is 6.92 Å². The van der Waals surface area contributed by atoms with E-state index in [-0.39, 0.29) is 24.7 Å². The van der Waals surface area contributed by atoms with E-state index in [1.54, 1.807) is 0 Å². The molecule has 1 aliphatic heterocycles. The van der Waals surface area contributed by atoms with E-state index in [4.69, 9.17) is 5.73 Å². The van der Waals surface area contributed by atoms with Crippen LogP contribution in [-0.2, 0) is 10.0 Å². The maximum Gasteiger partial charge on any atom is 0.246 e. The van der Waals surface area contributed by atoms with Crippen LogP contribution in [0.4, 0.5) is 10.1 Å². The SMILES string of the molecule is CC1CCN(S(=O)(=O)c2ccc(N)cc2F)CC1O. The van der Waals surface area contributed by atoms with E-state index in [0.717, 1.165) is 16.4 Å². The number of hydrogen-bond donors (Lipinski definition) is 2. The van der Waals surface area contributed by atoms with Gasteiger partial charge in [-0.3, -0.25) is 0 Å². The van der Waals surface area contributed by atoms with Gasteiger partial charge in [0.25, 0.3) is 0 Å². The lowest BCUT2D eigenvalue weighted by Crippen LogP contribution is -2.45. The van der Waals surface area contributed by atoms with Crippen molar-refractivity contribution in [2.75, 3.05) is 18.8 Å². The predicted molar refractivity (Wildman–Crippen MR) is 69.4 cm³/mol. The van der Waals surface area contributed by atoms with Gasteiger partial charge >= 0.3 is 0 Å². The van der Waals surface area contributed by atoms with Crippen LogP contribution in [0, 0.1) is 11.7 Å². The first-order valence-corrected chi connectivity index (χ1v) is 7.49. The van der Waals surface area contributed by atoms with Crippen LogP contribution in [0.25, 0.3) is 0 Å². The molecule has 0 amide bonds. The predicted octanol–water partition coefficient (Wildman–Crippen LogP) is 0.799. The summed E-state index contributed by atoms with van der Waals surface area (Å²) in [7, 11) is -3.92. The number of sulfonamides is 1. The van der Waals surface area contributed by atoms with Crippen LogP contribution in [0.15, 0.2) is 23.1 Å². The fourth-order valence-corrected chi connectivity index (χ4v) is 3.62. The molecule has 5 nitrogen and oxygen atoms in total. The van der Waals surface area contributed by atoms with Crippen LogP contribution in [-0.4, -0.2) is 37.0 Å². The van der Waals surface area contributed by atoms with Crippen LogP contribution in [0.1, 0.15) is 13.3 Å². The molecule has 1 aliphatic rings. The minimum atomic E-state index is -3.92. The van der Waals surface area contributed by atoms with E-state index >= 15 is 0 Å². The van der Waals surface area contributed by atoms with Crippen molar-refractivity contribution in [2.45, 2.75) is 24.3 Å². The monoisotopic (exact) mass is 288 g/mol. The Labute approximate surface area is 111 Å². The molecule has 2 rings (SSSR count). The van der Waals surface area contributed by atoms with Crippen LogP contribution in [0.2, 0.25) is 0 Å². The van der Waals surface area contributed by atoms with Gasteiger partial charge in [0.1, 0.15) is 10.7 Å². The van der Waals surface area contributed by atoms with Crippen LogP contribution in [0.3, 0.4) is 0 Å². The highest BCUT2D eigenvalue weighted by molar-refractivity contribution is 7.89. The summed E-state index contributed by atoms with van der Waals surface area (Å²) in [5.74, 6) is -0.823. The first kappa shape index (κ1) is 14.2. The van der Waals surface area contributed by atoms with Crippen molar-refractivity contribution in [3.63, 3.8) is 0 Å². The van der Waals surface area contributed by atoms with Gasteiger partial charge in [0.2, 0.25) is 10.0 Å². The van der Waals surface area contributed by atoms with Crippen LogP contribution in [0.5, 0.6) is 0 Å². The molecule has 1 fully saturated rings. The summed E-state index contributed by atoms with van der Waals surface area (Å²) in [6.45, 7) is 2.14. The average molecular weight is 288 g/mol. The van der Waals surface area contributed by atoms with Gasteiger partial charge < -0.3 is 10.8 Å². The zero-order valence-corrected chi connectivity index (χ0v) is 11.4. The Hall–Kier alpha value is -1.18. The molecule has 2 atom stereocenters. The summed E-state index contributed by atoms with van der Waals surface area (Å²) in [6.07, 6.45) is -0.169. The largest absolute Gasteiger partial charge is 0.399 e. The molecule has 0 bridgehead atoms. The lowest BCUT2D eigenvalue weighted by atomic mass is 9.98. The third kappa shape index (κ3) is 2.72.